The van der Waals surface area contributed by atoms with Crippen LogP contribution in [-0.4, -0.2) is 35.6 Å². The fraction of sp³-hybridized carbons (Fsp3) is 0.214. The van der Waals surface area contributed by atoms with Crippen LogP contribution in [0.25, 0.3) is 6.08 Å². The molecule has 1 unspecified atom stereocenters. The zero-order valence-electron chi connectivity index (χ0n) is 10.1. The van der Waals surface area contributed by atoms with Gasteiger partial charge in [-0.25, -0.2) is 4.79 Å². The Bertz CT molecular complexity index is 569. The van der Waals surface area contributed by atoms with Crippen molar-refractivity contribution < 1.29 is 19.7 Å². The Kier molecular flexibility index (Phi) is 4.06. The van der Waals surface area contributed by atoms with Crippen LogP contribution >= 0.6 is 0 Å². The van der Waals surface area contributed by atoms with Crippen molar-refractivity contribution >= 4 is 12.2 Å². The largest absolute Gasteiger partial charge is 0.482 e. The van der Waals surface area contributed by atoms with Crippen LogP contribution in [0.3, 0.4) is 0 Å². The van der Waals surface area contributed by atoms with E-state index >= 15 is 0 Å². The first kappa shape index (κ1) is 13.0. The second kappa shape index (κ2) is 5.94. The summed E-state index contributed by atoms with van der Waals surface area (Å²) in [6.45, 7) is -0.0451. The highest BCUT2D eigenvalue weighted by Gasteiger charge is 2.15. The maximum absolute atomic E-state index is 10.3. The highest BCUT2D eigenvalue weighted by molar-refractivity contribution is 5.66. The summed E-state index contributed by atoms with van der Waals surface area (Å²) in [6.07, 6.45) is 2.18. The molecular weight excluding hydrogens is 246 g/mol. The van der Waals surface area contributed by atoms with Gasteiger partial charge in [-0.05, 0) is 12.1 Å². The van der Waals surface area contributed by atoms with Gasteiger partial charge >= 0.3 is 6.09 Å². The Morgan fingerprint density at radius 3 is 3.05 bits per heavy atom. The molecule has 1 aromatic carbocycles. The normalized spacial score (nSPS) is 15.7. The van der Waals surface area contributed by atoms with E-state index in [2.05, 4.69) is 17.2 Å². The molecule has 5 heteroatoms. The third-order valence-corrected chi connectivity index (χ3v) is 2.54. The van der Waals surface area contributed by atoms with Gasteiger partial charge in [-0.1, -0.05) is 30.0 Å². The summed E-state index contributed by atoms with van der Waals surface area (Å²) in [5, 5.41) is 19.7. The third-order valence-electron chi connectivity index (χ3n) is 2.54. The van der Waals surface area contributed by atoms with Crippen molar-refractivity contribution in [1.29, 1.82) is 0 Å². The average Bonchev–Trinajstić information content (AvgIpc) is 2.43. The Morgan fingerprint density at radius 2 is 2.32 bits per heavy atom. The number of aliphatic hydroxyl groups is 1. The minimum absolute atomic E-state index is 0.0538. The molecule has 5 nitrogen and oxygen atoms in total. The monoisotopic (exact) mass is 259 g/mol. The molecule has 1 aliphatic rings. The van der Waals surface area contributed by atoms with Crippen molar-refractivity contribution in [3.63, 3.8) is 0 Å². The number of ether oxygens (including phenoxy) is 1. The SMILES string of the molecule is O=C(O)NCC#Cc1cccc2c1OC(CO)C=C2. The summed E-state index contributed by atoms with van der Waals surface area (Å²) in [7, 11) is 0. The van der Waals surface area contributed by atoms with E-state index in [1.54, 1.807) is 12.1 Å². The van der Waals surface area contributed by atoms with Crippen molar-refractivity contribution in [2.24, 2.45) is 0 Å². The summed E-state index contributed by atoms with van der Waals surface area (Å²) < 4.78 is 5.61. The van der Waals surface area contributed by atoms with Crippen molar-refractivity contribution in [2.75, 3.05) is 13.2 Å². The van der Waals surface area contributed by atoms with Gasteiger partial charge in [0.05, 0.1) is 18.7 Å². The molecule has 0 bridgehead atoms. The van der Waals surface area contributed by atoms with Gasteiger partial charge in [-0.2, -0.15) is 0 Å². The number of amides is 1. The van der Waals surface area contributed by atoms with E-state index in [1.807, 2.05) is 18.2 Å². The van der Waals surface area contributed by atoms with E-state index in [0.29, 0.717) is 11.3 Å². The number of para-hydroxylation sites is 1. The first-order chi connectivity index (χ1) is 9.20. The summed E-state index contributed by atoms with van der Waals surface area (Å²) in [5.41, 5.74) is 1.56. The third kappa shape index (κ3) is 3.27. The predicted octanol–water partition coefficient (Wildman–Crippen LogP) is 1.07. The lowest BCUT2D eigenvalue weighted by Gasteiger charge is -2.20. The van der Waals surface area contributed by atoms with Crippen LogP contribution in [0.4, 0.5) is 4.79 Å². The predicted molar refractivity (Wildman–Crippen MR) is 69.9 cm³/mol. The molecule has 0 aliphatic carbocycles. The number of hydrogen-bond acceptors (Lipinski definition) is 3. The molecule has 98 valence electrons. The van der Waals surface area contributed by atoms with Crippen LogP contribution in [-0.2, 0) is 0 Å². The summed E-state index contributed by atoms with van der Waals surface area (Å²) >= 11 is 0. The van der Waals surface area contributed by atoms with E-state index in [1.165, 1.54) is 0 Å². The number of fused-ring (bicyclic) bond motifs is 1. The molecule has 0 spiro atoms. The Balaban J connectivity index is 2.19. The van der Waals surface area contributed by atoms with E-state index in [9.17, 15) is 4.79 Å². The first-order valence-electron chi connectivity index (χ1n) is 5.75. The number of benzene rings is 1. The van der Waals surface area contributed by atoms with E-state index in [4.69, 9.17) is 14.9 Å². The lowest BCUT2D eigenvalue weighted by molar-refractivity contribution is 0.147. The molecule has 0 radical (unpaired) electrons. The van der Waals surface area contributed by atoms with Gasteiger partial charge in [0.15, 0.2) is 0 Å². The maximum Gasteiger partial charge on any atom is 0.405 e. The second-order valence-corrected chi connectivity index (χ2v) is 3.88. The standard InChI is InChI=1S/C14H13NO4/c16-9-12-7-6-11-4-1-3-10(13(11)19-12)5-2-8-15-14(17)18/h1,3-4,6-7,12,15-16H,8-9H2,(H,17,18). The van der Waals surface area contributed by atoms with Gasteiger partial charge in [0.1, 0.15) is 11.9 Å². The quantitative estimate of drug-likeness (QED) is 0.694. The van der Waals surface area contributed by atoms with Gasteiger partial charge < -0.3 is 20.3 Å². The summed E-state index contributed by atoms with van der Waals surface area (Å²) in [5.74, 6) is 6.18. The fourth-order valence-electron chi connectivity index (χ4n) is 1.68. The molecule has 1 amide bonds. The molecule has 19 heavy (non-hydrogen) atoms. The molecule has 1 heterocycles. The van der Waals surface area contributed by atoms with Gasteiger partial charge in [0, 0.05) is 5.56 Å². The van der Waals surface area contributed by atoms with Crippen LogP contribution < -0.4 is 10.1 Å². The van der Waals surface area contributed by atoms with Crippen molar-refractivity contribution in [2.45, 2.75) is 6.10 Å². The van der Waals surface area contributed by atoms with Gasteiger partial charge in [0.2, 0.25) is 0 Å². The van der Waals surface area contributed by atoms with Crippen molar-refractivity contribution in [3.8, 4) is 17.6 Å². The lowest BCUT2D eigenvalue weighted by Crippen LogP contribution is -2.21. The highest BCUT2D eigenvalue weighted by Crippen LogP contribution is 2.29. The molecule has 0 fully saturated rings. The molecule has 3 N–H and O–H groups in total. The number of aliphatic hydroxyl groups excluding tert-OH is 1. The maximum atomic E-state index is 10.3. The zero-order valence-corrected chi connectivity index (χ0v) is 10.1. The van der Waals surface area contributed by atoms with Crippen LogP contribution in [0.1, 0.15) is 11.1 Å². The van der Waals surface area contributed by atoms with E-state index in [-0.39, 0.29) is 19.3 Å². The molecule has 0 aromatic heterocycles. The van der Waals surface area contributed by atoms with Crippen LogP contribution in [0.5, 0.6) is 5.75 Å². The Labute approximate surface area is 110 Å². The average molecular weight is 259 g/mol. The number of carboxylic acid groups (broad SMARTS) is 1. The number of rotatable bonds is 2. The zero-order chi connectivity index (χ0) is 13.7. The van der Waals surface area contributed by atoms with E-state index < -0.39 is 6.09 Å². The van der Waals surface area contributed by atoms with Gasteiger partial charge in [-0.15, -0.1) is 0 Å². The van der Waals surface area contributed by atoms with Crippen LogP contribution in [0.15, 0.2) is 24.3 Å². The molecule has 1 aliphatic heterocycles. The molecule has 0 saturated heterocycles. The minimum Gasteiger partial charge on any atom is -0.482 e. The summed E-state index contributed by atoms with van der Waals surface area (Å²) in [6, 6.07) is 5.53. The second-order valence-electron chi connectivity index (χ2n) is 3.88. The fourth-order valence-corrected chi connectivity index (χ4v) is 1.68. The van der Waals surface area contributed by atoms with E-state index in [0.717, 1.165) is 5.56 Å². The van der Waals surface area contributed by atoms with Crippen LogP contribution in [0.2, 0.25) is 0 Å². The molecule has 1 aromatic rings. The molecule has 2 rings (SSSR count). The number of carbonyl (C=O) groups is 1. The Hall–Kier alpha value is -2.45. The topological polar surface area (TPSA) is 78.8 Å². The van der Waals surface area contributed by atoms with Gasteiger partial charge in [-0.3, -0.25) is 0 Å². The Morgan fingerprint density at radius 1 is 1.47 bits per heavy atom. The molecule has 0 saturated carbocycles. The number of nitrogens with one attached hydrogen (secondary N) is 1. The van der Waals surface area contributed by atoms with Crippen molar-refractivity contribution in [1.82, 2.24) is 5.32 Å². The number of hydrogen-bond donors (Lipinski definition) is 3. The lowest BCUT2D eigenvalue weighted by atomic mass is 10.1. The summed E-state index contributed by atoms with van der Waals surface area (Å²) in [4.78, 5) is 10.3. The van der Waals surface area contributed by atoms with Crippen molar-refractivity contribution in [3.05, 3.63) is 35.4 Å². The van der Waals surface area contributed by atoms with Crippen LogP contribution in [0, 0.1) is 11.8 Å². The highest BCUT2D eigenvalue weighted by atomic mass is 16.5. The first-order valence-corrected chi connectivity index (χ1v) is 5.75. The smallest absolute Gasteiger partial charge is 0.405 e. The van der Waals surface area contributed by atoms with Gasteiger partial charge in [0.25, 0.3) is 0 Å². The molecule has 1 atom stereocenters. The molecular formula is C14H13NO4. The minimum atomic E-state index is -1.11.